The summed E-state index contributed by atoms with van der Waals surface area (Å²) in [6.45, 7) is 10.2. The van der Waals surface area contributed by atoms with Crippen LogP contribution in [0.15, 0.2) is 4.42 Å². The van der Waals surface area contributed by atoms with Crippen LogP contribution in [0.5, 0.6) is 0 Å². The molecular weight excluding hydrogens is 300 g/mol. The minimum absolute atomic E-state index is 0.0518. The Morgan fingerprint density at radius 3 is 2.52 bits per heavy atom. The highest BCUT2D eigenvalue weighted by Gasteiger charge is 2.40. The Morgan fingerprint density at radius 1 is 1.39 bits per heavy atom. The molecule has 8 nitrogen and oxygen atoms in total. The summed E-state index contributed by atoms with van der Waals surface area (Å²) in [7, 11) is 0. The van der Waals surface area contributed by atoms with E-state index in [9.17, 15) is 9.59 Å². The molecule has 1 aliphatic heterocycles. The van der Waals surface area contributed by atoms with E-state index in [0.717, 1.165) is 0 Å². The van der Waals surface area contributed by atoms with Gasteiger partial charge in [-0.25, -0.2) is 0 Å². The van der Waals surface area contributed by atoms with E-state index < -0.39 is 6.04 Å². The highest BCUT2D eigenvalue weighted by atomic mass is 16.5. The lowest BCUT2D eigenvalue weighted by atomic mass is 9.85. The van der Waals surface area contributed by atoms with E-state index in [-0.39, 0.29) is 29.9 Å². The van der Waals surface area contributed by atoms with Gasteiger partial charge >= 0.3 is 0 Å². The van der Waals surface area contributed by atoms with Gasteiger partial charge < -0.3 is 19.4 Å². The fraction of sp³-hybridized carbons (Fsp3) is 0.733. The number of rotatable bonds is 5. The zero-order valence-corrected chi connectivity index (χ0v) is 14.3. The van der Waals surface area contributed by atoms with Gasteiger partial charge in [-0.2, -0.15) is 0 Å². The molecule has 1 fully saturated rings. The molecule has 8 heteroatoms. The predicted molar refractivity (Wildman–Crippen MR) is 81.3 cm³/mol. The molecule has 0 radical (unpaired) electrons. The van der Waals surface area contributed by atoms with E-state index in [1.54, 1.807) is 11.8 Å². The number of nitrogens with one attached hydrogen (secondary N) is 1. The molecule has 1 aliphatic rings. The van der Waals surface area contributed by atoms with Crippen molar-refractivity contribution in [1.82, 2.24) is 20.4 Å². The summed E-state index contributed by atoms with van der Waals surface area (Å²) in [5.74, 6) is 0.634. The molecule has 0 aliphatic carbocycles. The van der Waals surface area contributed by atoms with Crippen LogP contribution in [0.3, 0.4) is 0 Å². The van der Waals surface area contributed by atoms with Gasteiger partial charge in [0.25, 0.3) is 0 Å². The Balaban J connectivity index is 1.82. The first-order chi connectivity index (χ1) is 10.7. The molecule has 1 saturated heterocycles. The maximum Gasteiger partial charge on any atom is 0.245 e. The zero-order chi connectivity index (χ0) is 17.2. The third kappa shape index (κ3) is 4.51. The second-order valence-corrected chi connectivity index (χ2v) is 6.89. The van der Waals surface area contributed by atoms with Gasteiger partial charge in [0.2, 0.25) is 23.6 Å². The van der Waals surface area contributed by atoms with E-state index in [1.165, 1.54) is 6.92 Å². The third-order valence-electron chi connectivity index (χ3n) is 3.63. The van der Waals surface area contributed by atoms with Crippen LogP contribution in [0.4, 0.5) is 0 Å². The van der Waals surface area contributed by atoms with E-state index in [4.69, 9.17) is 9.15 Å². The van der Waals surface area contributed by atoms with Crippen molar-refractivity contribution in [3.05, 3.63) is 11.8 Å². The Morgan fingerprint density at radius 2 is 2.04 bits per heavy atom. The zero-order valence-electron chi connectivity index (χ0n) is 14.3. The SMILES string of the molecule is CC(=O)N[C@H](C(=O)N1CC(OCc2nnc(C)o2)C1)C(C)(C)C. The summed E-state index contributed by atoms with van der Waals surface area (Å²) in [4.78, 5) is 25.6. The molecule has 0 bridgehead atoms. The largest absolute Gasteiger partial charge is 0.423 e. The minimum Gasteiger partial charge on any atom is -0.423 e. The molecule has 1 aromatic heterocycles. The average Bonchev–Trinajstić information content (AvgIpc) is 2.78. The minimum atomic E-state index is -0.542. The van der Waals surface area contributed by atoms with Crippen LogP contribution in [-0.4, -0.2) is 52.1 Å². The Labute approximate surface area is 135 Å². The fourth-order valence-corrected chi connectivity index (χ4v) is 2.34. The van der Waals surface area contributed by atoms with Gasteiger partial charge in [-0.3, -0.25) is 9.59 Å². The Kier molecular flexibility index (Phi) is 5.03. The van der Waals surface area contributed by atoms with Gasteiger partial charge in [0.15, 0.2) is 0 Å². The van der Waals surface area contributed by atoms with Crippen molar-refractivity contribution in [2.24, 2.45) is 5.41 Å². The number of hydrogen-bond acceptors (Lipinski definition) is 6. The van der Waals surface area contributed by atoms with Gasteiger partial charge in [-0.05, 0) is 5.41 Å². The summed E-state index contributed by atoms with van der Waals surface area (Å²) in [5, 5.41) is 10.3. The lowest BCUT2D eigenvalue weighted by molar-refractivity contribution is -0.152. The number of aryl methyl sites for hydroxylation is 1. The summed E-state index contributed by atoms with van der Waals surface area (Å²) in [6.07, 6.45) is -0.0518. The average molecular weight is 324 g/mol. The number of carbonyl (C=O) groups excluding carboxylic acids is 2. The molecule has 2 amide bonds. The van der Waals surface area contributed by atoms with Crippen molar-refractivity contribution in [2.75, 3.05) is 13.1 Å². The van der Waals surface area contributed by atoms with Crippen molar-refractivity contribution < 1.29 is 18.7 Å². The topological polar surface area (TPSA) is 97.6 Å². The quantitative estimate of drug-likeness (QED) is 0.854. The number of carbonyl (C=O) groups is 2. The monoisotopic (exact) mass is 324 g/mol. The molecule has 1 N–H and O–H groups in total. The van der Waals surface area contributed by atoms with E-state index >= 15 is 0 Å². The Hall–Kier alpha value is -1.96. The molecule has 23 heavy (non-hydrogen) atoms. The molecule has 128 valence electrons. The van der Waals surface area contributed by atoms with E-state index in [1.807, 2.05) is 20.8 Å². The smallest absolute Gasteiger partial charge is 0.245 e. The van der Waals surface area contributed by atoms with Gasteiger partial charge in [0.05, 0.1) is 6.10 Å². The number of ether oxygens (including phenoxy) is 1. The molecule has 2 heterocycles. The van der Waals surface area contributed by atoms with Gasteiger partial charge in [-0.1, -0.05) is 20.8 Å². The molecule has 0 unspecified atom stereocenters. The van der Waals surface area contributed by atoms with Crippen molar-refractivity contribution >= 4 is 11.8 Å². The summed E-state index contributed by atoms with van der Waals surface area (Å²) >= 11 is 0. The molecule has 1 atom stereocenters. The predicted octanol–water partition coefficient (Wildman–Crippen LogP) is 0.656. The maximum absolute atomic E-state index is 12.5. The molecule has 0 aromatic carbocycles. The molecular formula is C15H24N4O4. The third-order valence-corrected chi connectivity index (χ3v) is 3.63. The number of nitrogens with zero attached hydrogens (tertiary/aromatic N) is 3. The first kappa shape index (κ1) is 17.4. The van der Waals surface area contributed by atoms with Crippen LogP contribution in [0.1, 0.15) is 39.5 Å². The van der Waals surface area contributed by atoms with Crippen LogP contribution in [0, 0.1) is 12.3 Å². The lowest BCUT2D eigenvalue weighted by Gasteiger charge is -2.43. The number of hydrogen-bond donors (Lipinski definition) is 1. The molecule has 0 saturated carbocycles. The molecule has 2 rings (SSSR count). The highest BCUT2D eigenvalue weighted by Crippen LogP contribution is 2.24. The normalized spacial score (nSPS) is 16.8. The van der Waals surface area contributed by atoms with Gasteiger partial charge in [0.1, 0.15) is 12.6 Å². The van der Waals surface area contributed by atoms with Crippen LogP contribution < -0.4 is 5.32 Å². The summed E-state index contributed by atoms with van der Waals surface area (Å²) in [5.41, 5.74) is -0.351. The highest BCUT2D eigenvalue weighted by molar-refractivity contribution is 5.88. The standard InChI is InChI=1S/C15H24N4O4/c1-9(20)16-13(15(3,4)5)14(21)19-6-11(7-19)22-8-12-18-17-10(2)23-12/h11,13H,6-8H2,1-5H3,(H,16,20)/t13-/m1/s1. The van der Waals surface area contributed by atoms with Gasteiger partial charge in [-0.15, -0.1) is 10.2 Å². The van der Waals surface area contributed by atoms with Crippen LogP contribution in [0.25, 0.3) is 0 Å². The van der Waals surface area contributed by atoms with Crippen LogP contribution in [-0.2, 0) is 20.9 Å². The van der Waals surface area contributed by atoms with E-state index in [0.29, 0.717) is 24.9 Å². The second-order valence-electron chi connectivity index (χ2n) is 6.89. The summed E-state index contributed by atoms with van der Waals surface area (Å²) in [6, 6.07) is -0.542. The van der Waals surface area contributed by atoms with Crippen LogP contribution >= 0.6 is 0 Å². The van der Waals surface area contributed by atoms with Crippen molar-refractivity contribution in [2.45, 2.75) is 53.4 Å². The van der Waals surface area contributed by atoms with Gasteiger partial charge in [0, 0.05) is 26.9 Å². The van der Waals surface area contributed by atoms with Crippen molar-refractivity contribution in [3.63, 3.8) is 0 Å². The van der Waals surface area contributed by atoms with E-state index in [2.05, 4.69) is 15.5 Å². The maximum atomic E-state index is 12.5. The molecule has 1 aromatic rings. The van der Waals surface area contributed by atoms with Crippen LogP contribution in [0.2, 0.25) is 0 Å². The number of amides is 2. The lowest BCUT2D eigenvalue weighted by Crippen LogP contribution is -2.62. The Bertz CT molecular complexity index is 572. The molecule has 0 spiro atoms. The number of likely N-dealkylation sites (tertiary alicyclic amines) is 1. The summed E-state index contributed by atoms with van der Waals surface area (Å²) < 4.78 is 10.9. The van der Waals surface area contributed by atoms with Crippen molar-refractivity contribution in [3.8, 4) is 0 Å². The first-order valence-electron chi connectivity index (χ1n) is 7.63. The van der Waals surface area contributed by atoms with Crippen molar-refractivity contribution in [1.29, 1.82) is 0 Å². The number of aromatic nitrogens is 2. The second kappa shape index (κ2) is 6.66. The first-order valence-corrected chi connectivity index (χ1v) is 7.63. The fourth-order valence-electron chi connectivity index (χ4n) is 2.34.